The highest BCUT2D eigenvalue weighted by molar-refractivity contribution is 5.95. The zero-order chi connectivity index (χ0) is 12.4. The third kappa shape index (κ3) is 2.06. The number of fused-ring (bicyclic) bond motifs is 1. The quantitative estimate of drug-likeness (QED) is 0.830. The van der Waals surface area contributed by atoms with Gasteiger partial charge in [0.15, 0.2) is 11.5 Å². The van der Waals surface area contributed by atoms with E-state index in [0.717, 1.165) is 11.3 Å². The van der Waals surface area contributed by atoms with Crippen LogP contribution in [0.25, 0.3) is 0 Å². The molecule has 0 bridgehead atoms. The highest BCUT2D eigenvalue weighted by Crippen LogP contribution is 2.39. The van der Waals surface area contributed by atoms with Crippen molar-refractivity contribution in [1.29, 1.82) is 0 Å². The minimum absolute atomic E-state index is 0.00377. The average Bonchev–Trinajstić information content (AvgIpc) is 2.35. The average molecular weight is 236 g/mol. The standard InChI is InChI=1S/C12H16N2O3/c1-13-8-6-12(15)14-9-5-11(17-3)10(16-2)4-7(8)9/h4-5,8,13H,6H2,1-3H3,(H,14,15). The van der Waals surface area contributed by atoms with Gasteiger partial charge in [-0.3, -0.25) is 4.79 Å². The van der Waals surface area contributed by atoms with Crippen LogP contribution in [0.15, 0.2) is 12.1 Å². The van der Waals surface area contributed by atoms with Crippen LogP contribution in [0.5, 0.6) is 11.5 Å². The van der Waals surface area contributed by atoms with Crippen LogP contribution in [-0.2, 0) is 4.79 Å². The summed E-state index contributed by atoms with van der Waals surface area (Å²) < 4.78 is 10.5. The summed E-state index contributed by atoms with van der Waals surface area (Å²) in [6.07, 6.45) is 0.430. The van der Waals surface area contributed by atoms with Crippen molar-refractivity contribution in [1.82, 2.24) is 5.32 Å². The molecule has 1 heterocycles. The molecule has 0 radical (unpaired) electrons. The second kappa shape index (κ2) is 4.63. The Labute approximate surface area is 100 Å². The molecule has 0 saturated carbocycles. The molecule has 5 heteroatoms. The Kier molecular flexibility index (Phi) is 3.19. The molecule has 0 spiro atoms. The van der Waals surface area contributed by atoms with Gasteiger partial charge in [0, 0.05) is 24.2 Å². The summed E-state index contributed by atoms with van der Waals surface area (Å²) in [6, 6.07) is 3.70. The van der Waals surface area contributed by atoms with Crippen LogP contribution in [-0.4, -0.2) is 27.2 Å². The van der Waals surface area contributed by atoms with Gasteiger partial charge in [-0.1, -0.05) is 0 Å². The molecule has 2 N–H and O–H groups in total. The first-order valence-electron chi connectivity index (χ1n) is 5.42. The molecule has 5 nitrogen and oxygen atoms in total. The number of rotatable bonds is 3. The van der Waals surface area contributed by atoms with E-state index >= 15 is 0 Å². The van der Waals surface area contributed by atoms with Gasteiger partial charge in [-0.15, -0.1) is 0 Å². The third-order valence-electron chi connectivity index (χ3n) is 2.94. The van der Waals surface area contributed by atoms with Gasteiger partial charge < -0.3 is 20.1 Å². The summed E-state index contributed by atoms with van der Waals surface area (Å²) in [5.41, 5.74) is 1.79. The van der Waals surface area contributed by atoms with Gasteiger partial charge in [-0.2, -0.15) is 0 Å². The molecule has 0 aliphatic carbocycles. The molecule has 1 aromatic rings. The Hall–Kier alpha value is -1.75. The van der Waals surface area contributed by atoms with Crippen molar-refractivity contribution < 1.29 is 14.3 Å². The topological polar surface area (TPSA) is 59.6 Å². The summed E-state index contributed by atoms with van der Waals surface area (Å²) in [7, 11) is 5.01. The monoisotopic (exact) mass is 236 g/mol. The van der Waals surface area contributed by atoms with Gasteiger partial charge in [0.2, 0.25) is 5.91 Å². The summed E-state index contributed by atoms with van der Waals surface area (Å²) in [5.74, 6) is 1.29. The van der Waals surface area contributed by atoms with Crippen molar-refractivity contribution in [3.8, 4) is 11.5 Å². The van der Waals surface area contributed by atoms with E-state index in [9.17, 15) is 4.79 Å². The first-order valence-corrected chi connectivity index (χ1v) is 5.42. The number of nitrogens with one attached hydrogen (secondary N) is 2. The molecule has 1 atom stereocenters. The maximum Gasteiger partial charge on any atom is 0.226 e. The lowest BCUT2D eigenvalue weighted by molar-refractivity contribution is -0.117. The van der Waals surface area contributed by atoms with Crippen LogP contribution in [0, 0.1) is 0 Å². The number of ether oxygens (including phenoxy) is 2. The van der Waals surface area contributed by atoms with E-state index in [1.807, 2.05) is 13.1 Å². The second-order valence-corrected chi connectivity index (χ2v) is 3.89. The van der Waals surface area contributed by atoms with Crippen LogP contribution in [0.3, 0.4) is 0 Å². The van der Waals surface area contributed by atoms with Gasteiger partial charge in [0.1, 0.15) is 0 Å². The van der Waals surface area contributed by atoms with E-state index in [1.54, 1.807) is 20.3 Å². The highest BCUT2D eigenvalue weighted by atomic mass is 16.5. The van der Waals surface area contributed by atoms with Crippen molar-refractivity contribution in [3.63, 3.8) is 0 Å². The van der Waals surface area contributed by atoms with Crippen LogP contribution in [0.2, 0.25) is 0 Å². The van der Waals surface area contributed by atoms with E-state index < -0.39 is 0 Å². The molecule has 0 fully saturated rings. The molecule has 0 aromatic heterocycles. The number of benzene rings is 1. The molecule has 1 amide bonds. The van der Waals surface area contributed by atoms with E-state index in [2.05, 4.69) is 10.6 Å². The molecule has 1 aliphatic heterocycles. The van der Waals surface area contributed by atoms with Crippen molar-refractivity contribution in [2.75, 3.05) is 26.6 Å². The zero-order valence-corrected chi connectivity index (χ0v) is 10.2. The molecular weight excluding hydrogens is 220 g/mol. The van der Waals surface area contributed by atoms with Gasteiger partial charge in [-0.25, -0.2) is 0 Å². The number of amides is 1. The maximum absolute atomic E-state index is 11.5. The van der Waals surface area contributed by atoms with Crippen molar-refractivity contribution >= 4 is 11.6 Å². The van der Waals surface area contributed by atoms with Crippen LogP contribution in [0.1, 0.15) is 18.0 Å². The number of methoxy groups -OCH3 is 2. The van der Waals surface area contributed by atoms with Crippen molar-refractivity contribution in [2.45, 2.75) is 12.5 Å². The first kappa shape index (κ1) is 11.7. The number of carbonyl (C=O) groups excluding carboxylic acids is 1. The zero-order valence-electron chi connectivity index (χ0n) is 10.2. The minimum atomic E-state index is 0.00377. The Morgan fingerprint density at radius 3 is 2.53 bits per heavy atom. The molecule has 0 saturated heterocycles. The van der Waals surface area contributed by atoms with Crippen molar-refractivity contribution in [3.05, 3.63) is 17.7 Å². The Bertz CT molecular complexity index is 446. The summed E-state index contributed by atoms with van der Waals surface area (Å²) in [6.45, 7) is 0. The number of anilines is 1. The number of hydrogen-bond acceptors (Lipinski definition) is 4. The Morgan fingerprint density at radius 1 is 1.29 bits per heavy atom. The van der Waals surface area contributed by atoms with E-state index in [0.29, 0.717) is 17.9 Å². The molecule has 92 valence electrons. The SMILES string of the molecule is CNC1CC(=O)Nc2cc(OC)c(OC)cc21. The van der Waals surface area contributed by atoms with Crippen LogP contribution in [0.4, 0.5) is 5.69 Å². The molecule has 1 unspecified atom stereocenters. The normalized spacial score (nSPS) is 18.3. The van der Waals surface area contributed by atoms with Crippen LogP contribution < -0.4 is 20.1 Å². The van der Waals surface area contributed by atoms with E-state index in [-0.39, 0.29) is 11.9 Å². The second-order valence-electron chi connectivity index (χ2n) is 3.89. The lowest BCUT2D eigenvalue weighted by Gasteiger charge is -2.26. The largest absolute Gasteiger partial charge is 0.493 e. The first-order chi connectivity index (χ1) is 8.19. The smallest absolute Gasteiger partial charge is 0.226 e. The predicted molar refractivity (Wildman–Crippen MR) is 64.6 cm³/mol. The summed E-state index contributed by atoms with van der Waals surface area (Å²) in [4.78, 5) is 11.5. The maximum atomic E-state index is 11.5. The number of hydrogen-bond donors (Lipinski definition) is 2. The predicted octanol–water partition coefficient (Wildman–Crippen LogP) is 1.31. The number of carbonyl (C=O) groups is 1. The lowest BCUT2D eigenvalue weighted by atomic mass is 9.97. The third-order valence-corrected chi connectivity index (χ3v) is 2.94. The van der Waals surface area contributed by atoms with Gasteiger partial charge in [-0.05, 0) is 18.7 Å². The van der Waals surface area contributed by atoms with E-state index in [4.69, 9.17) is 9.47 Å². The summed E-state index contributed by atoms with van der Waals surface area (Å²) in [5, 5.41) is 5.96. The fourth-order valence-corrected chi connectivity index (χ4v) is 2.05. The molecule has 17 heavy (non-hydrogen) atoms. The molecule has 1 aromatic carbocycles. The van der Waals surface area contributed by atoms with Gasteiger partial charge >= 0.3 is 0 Å². The summed E-state index contributed by atoms with van der Waals surface area (Å²) >= 11 is 0. The Morgan fingerprint density at radius 2 is 1.94 bits per heavy atom. The molecule has 2 rings (SSSR count). The van der Waals surface area contributed by atoms with Crippen LogP contribution >= 0.6 is 0 Å². The molecular formula is C12H16N2O3. The minimum Gasteiger partial charge on any atom is -0.493 e. The van der Waals surface area contributed by atoms with Gasteiger partial charge in [0.05, 0.1) is 14.2 Å². The highest BCUT2D eigenvalue weighted by Gasteiger charge is 2.25. The lowest BCUT2D eigenvalue weighted by Crippen LogP contribution is -2.29. The molecule has 1 aliphatic rings. The van der Waals surface area contributed by atoms with E-state index in [1.165, 1.54) is 0 Å². The Balaban J connectivity index is 2.50. The fraction of sp³-hybridized carbons (Fsp3) is 0.417. The van der Waals surface area contributed by atoms with Crippen molar-refractivity contribution in [2.24, 2.45) is 0 Å². The fourth-order valence-electron chi connectivity index (χ4n) is 2.05. The van der Waals surface area contributed by atoms with Gasteiger partial charge in [0.25, 0.3) is 0 Å².